The van der Waals surface area contributed by atoms with E-state index in [2.05, 4.69) is 0 Å². The van der Waals surface area contributed by atoms with Crippen LogP contribution in [0.25, 0.3) is 0 Å². The summed E-state index contributed by atoms with van der Waals surface area (Å²) in [6.45, 7) is 5.73. The first-order valence-electron chi connectivity index (χ1n) is 2.24. The van der Waals surface area contributed by atoms with Gasteiger partial charge in [-0.25, -0.2) is 0 Å². The summed E-state index contributed by atoms with van der Waals surface area (Å²) in [5, 5.41) is 0. The maximum absolute atomic E-state index is 10.5. The Morgan fingerprint density at radius 1 is 1.43 bits per heavy atom. The molecule has 0 saturated carbocycles. The maximum atomic E-state index is 10.5. The van der Waals surface area contributed by atoms with Crippen molar-refractivity contribution in [3.63, 3.8) is 0 Å². The third kappa shape index (κ3) is 3.17. The van der Waals surface area contributed by atoms with Crippen LogP contribution in [0.4, 0.5) is 0 Å². The summed E-state index contributed by atoms with van der Waals surface area (Å²) in [7, 11) is 0. The molecule has 0 aromatic heterocycles. The molecule has 0 fully saturated rings. The van der Waals surface area contributed by atoms with E-state index in [1.807, 2.05) is 20.8 Å². The van der Waals surface area contributed by atoms with Crippen LogP contribution in [0.1, 0.15) is 20.8 Å². The molecule has 0 amide bonds. The van der Waals surface area contributed by atoms with Crippen molar-refractivity contribution in [2.75, 3.05) is 0 Å². The normalized spacial score (nSPS) is 11.4. The number of hydrogen-bond acceptors (Lipinski definition) is 1. The van der Waals surface area contributed by atoms with Gasteiger partial charge in [0.25, 0.3) is 0 Å². The molecule has 3 heteroatoms. The van der Waals surface area contributed by atoms with E-state index >= 15 is 0 Å². The molecule has 0 atom stereocenters. The van der Waals surface area contributed by atoms with E-state index in [4.69, 9.17) is 3.96 Å². The third-order valence-electron chi connectivity index (χ3n) is 0.739. The monoisotopic (exact) mass is 209 g/mol. The van der Waals surface area contributed by atoms with Crippen LogP contribution >= 0.6 is 0 Å². The minimum absolute atomic E-state index is 0.0811. The van der Waals surface area contributed by atoms with Gasteiger partial charge in [-0.05, 0) is 0 Å². The molecule has 0 bridgehead atoms. The first-order valence-corrected chi connectivity index (χ1v) is 6.48. The van der Waals surface area contributed by atoms with E-state index in [9.17, 15) is 3.08 Å². The van der Waals surface area contributed by atoms with Crippen LogP contribution in [-0.4, -0.2) is 20.0 Å². The average Bonchev–Trinajstić information content (AvgIpc) is 1.31. The average molecular weight is 208 g/mol. The molecule has 0 saturated heterocycles. The van der Waals surface area contributed by atoms with Crippen molar-refractivity contribution in [3.8, 4) is 0 Å². The molecular weight excluding hydrogens is 197 g/mol. The second-order valence-electron chi connectivity index (χ2n) is 2.61. The molecule has 0 radical (unpaired) electrons. The van der Waals surface area contributed by atoms with E-state index in [1.54, 1.807) is 0 Å². The van der Waals surface area contributed by atoms with Gasteiger partial charge in [-0.3, -0.25) is 0 Å². The minimum atomic E-state index is -2.59. The van der Waals surface area contributed by atoms with Gasteiger partial charge in [0.05, 0.1) is 0 Å². The van der Waals surface area contributed by atoms with Gasteiger partial charge < -0.3 is 0 Å². The third-order valence-corrected chi connectivity index (χ3v) is 4.96. The zero-order valence-corrected chi connectivity index (χ0v) is 7.84. The van der Waals surface area contributed by atoms with Crippen molar-refractivity contribution in [3.05, 3.63) is 0 Å². The van der Waals surface area contributed by atoms with Crippen molar-refractivity contribution in [1.82, 2.24) is 0 Å². The zero-order chi connectivity index (χ0) is 6.08. The van der Waals surface area contributed by atoms with Gasteiger partial charge in [-0.2, -0.15) is 0 Å². The van der Waals surface area contributed by atoms with E-state index in [0.717, 1.165) is 0 Å². The Morgan fingerprint density at radius 3 is 1.57 bits per heavy atom. The summed E-state index contributed by atoms with van der Waals surface area (Å²) in [5.74, 6) is 0. The van der Waals surface area contributed by atoms with Crippen molar-refractivity contribution in [1.29, 1.82) is 0 Å². The van der Waals surface area contributed by atoms with Crippen molar-refractivity contribution >= 4 is 20.0 Å². The molecule has 7 heavy (non-hydrogen) atoms. The zero-order valence-electron chi connectivity index (χ0n) is 4.99. The summed E-state index contributed by atoms with van der Waals surface area (Å²) >= 11 is -2.59. The molecule has 42 valence electrons. The van der Waals surface area contributed by atoms with Crippen LogP contribution in [0.2, 0.25) is 3.43 Å². The van der Waals surface area contributed by atoms with Crippen molar-refractivity contribution in [2.45, 2.75) is 24.2 Å². The van der Waals surface area contributed by atoms with E-state index in [0.29, 0.717) is 0 Å². The molecule has 0 aliphatic rings. The van der Waals surface area contributed by atoms with Gasteiger partial charge in [0, 0.05) is 0 Å². The second kappa shape index (κ2) is 2.22. The number of hydrogen-bond donors (Lipinski definition) is 1. The first kappa shape index (κ1) is 7.56. The summed E-state index contributed by atoms with van der Waals surface area (Å²) in [6, 6.07) is 0. The standard InChI is InChI=1S/C4H9.H2N.O.Sn/c1-4(2)3;;;/h1-3H3;1H2;;/q;-1;;+1. The first-order chi connectivity index (χ1) is 2.94. The van der Waals surface area contributed by atoms with Gasteiger partial charge in [0.2, 0.25) is 0 Å². The Hall–Kier alpha value is 0.559. The van der Waals surface area contributed by atoms with Gasteiger partial charge in [0.15, 0.2) is 0 Å². The van der Waals surface area contributed by atoms with Crippen LogP contribution < -0.4 is 3.96 Å². The van der Waals surface area contributed by atoms with Crippen molar-refractivity contribution in [2.24, 2.45) is 3.96 Å². The molecule has 0 rings (SSSR count). The van der Waals surface area contributed by atoms with Crippen LogP contribution in [0.3, 0.4) is 0 Å². The fourth-order valence-corrected chi connectivity index (χ4v) is 0. The summed E-state index contributed by atoms with van der Waals surface area (Å²) in [5.41, 5.74) is 0. The Kier molecular flexibility index (Phi) is 2.40. The number of rotatable bonds is 0. The van der Waals surface area contributed by atoms with Gasteiger partial charge in [0.1, 0.15) is 0 Å². The predicted molar refractivity (Wildman–Crippen MR) is 30.3 cm³/mol. The summed E-state index contributed by atoms with van der Waals surface area (Å²) < 4.78 is 15.7. The molecule has 0 aliphatic carbocycles. The quantitative estimate of drug-likeness (QED) is 0.594. The van der Waals surface area contributed by atoms with Crippen LogP contribution in [-0.2, 0) is 3.08 Å². The molecule has 2 N–H and O–H groups in total. The predicted octanol–water partition coefficient (Wildman–Crippen LogP) is 0.664. The Morgan fingerprint density at radius 2 is 1.57 bits per heavy atom. The molecule has 0 aromatic carbocycles. The molecule has 0 aromatic rings. The van der Waals surface area contributed by atoms with E-state index in [-0.39, 0.29) is 3.43 Å². The van der Waals surface area contributed by atoms with Crippen LogP contribution in [0, 0.1) is 0 Å². The second-order valence-corrected chi connectivity index (χ2v) is 8.97. The molecule has 0 spiro atoms. The molecular formula is C4H11NOSn. The molecule has 0 heterocycles. The fourth-order valence-electron chi connectivity index (χ4n) is 0. The van der Waals surface area contributed by atoms with E-state index < -0.39 is 20.0 Å². The van der Waals surface area contributed by atoms with Crippen LogP contribution in [0.15, 0.2) is 0 Å². The SMILES string of the molecule is C[C](C)(C)[Sn]([NH2])=[O]. The van der Waals surface area contributed by atoms with Crippen molar-refractivity contribution < 1.29 is 3.08 Å². The Balaban J connectivity index is 3.79. The summed E-state index contributed by atoms with van der Waals surface area (Å²) in [4.78, 5) is 0. The molecule has 0 aliphatic heterocycles. The molecule has 2 nitrogen and oxygen atoms in total. The van der Waals surface area contributed by atoms with Gasteiger partial charge >= 0.3 is 51.3 Å². The Labute approximate surface area is 51.6 Å². The van der Waals surface area contributed by atoms with Gasteiger partial charge in [-0.1, -0.05) is 0 Å². The fraction of sp³-hybridized carbons (Fsp3) is 1.00. The summed E-state index contributed by atoms with van der Waals surface area (Å²) in [6.07, 6.45) is 0. The van der Waals surface area contributed by atoms with Gasteiger partial charge in [-0.15, -0.1) is 0 Å². The Bertz CT molecular complexity index is 84.2. The van der Waals surface area contributed by atoms with E-state index in [1.165, 1.54) is 0 Å². The van der Waals surface area contributed by atoms with Crippen LogP contribution in [0.5, 0.6) is 0 Å². The molecule has 0 unspecified atom stereocenters. The topological polar surface area (TPSA) is 43.1 Å². The number of nitrogens with two attached hydrogens (primary N) is 1.